The highest BCUT2D eigenvalue weighted by Crippen LogP contribution is 2.38. The van der Waals surface area contributed by atoms with E-state index in [0.29, 0.717) is 11.5 Å². The van der Waals surface area contributed by atoms with Gasteiger partial charge >= 0.3 is 0 Å². The van der Waals surface area contributed by atoms with Crippen molar-refractivity contribution in [1.82, 2.24) is 0 Å². The van der Waals surface area contributed by atoms with Gasteiger partial charge in [0.05, 0.1) is 31.8 Å². The van der Waals surface area contributed by atoms with E-state index in [0.717, 1.165) is 0 Å². The van der Waals surface area contributed by atoms with Crippen LogP contribution in [0.25, 0.3) is 0 Å². The quantitative estimate of drug-likeness (QED) is 0.474. The Kier molecular flexibility index (Phi) is 5.27. The van der Waals surface area contributed by atoms with Crippen LogP contribution in [0.2, 0.25) is 0 Å². The third kappa shape index (κ3) is 3.58. The molecule has 0 aromatic heterocycles. The molecule has 2 N–H and O–H groups in total. The zero-order valence-corrected chi connectivity index (χ0v) is 13.0. The summed E-state index contributed by atoms with van der Waals surface area (Å²) < 4.78 is 9.99. The van der Waals surface area contributed by atoms with Gasteiger partial charge in [0, 0.05) is 11.6 Å². The Labute approximate surface area is 136 Å². The number of aromatic hydroxyl groups is 1. The molecule has 0 spiro atoms. The van der Waals surface area contributed by atoms with Gasteiger partial charge in [-0.25, -0.2) is 0 Å². The van der Waals surface area contributed by atoms with Crippen LogP contribution in [-0.4, -0.2) is 29.4 Å². The Balaban J connectivity index is 2.46. The van der Waals surface area contributed by atoms with Crippen molar-refractivity contribution in [3.05, 3.63) is 46.0 Å². The fourth-order valence-corrected chi connectivity index (χ4v) is 1.93. The first-order valence-corrected chi connectivity index (χ1v) is 6.75. The molecule has 0 bridgehead atoms. The molecular formula is C15H15N3O6. The zero-order chi connectivity index (χ0) is 17.7. The minimum Gasteiger partial charge on any atom is -0.505 e. The Bertz CT molecular complexity index is 791. The summed E-state index contributed by atoms with van der Waals surface area (Å²) in [6.07, 6.45) is 0. The highest BCUT2D eigenvalue weighted by Gasteiger charge is 2.16. The molecule has 0 aliphatic heterocycles. The number of nitrogens with zero attached hydrogens (tertiary/aromatic N) is 3. The van der Waals surface area contributed by atoms with Crippen LogP contribution in [0.5, 0.6) is 17.2 Å². The second-order valence-corrected chi connectivity index (χ2v) is 4.62. The highest BCUT2D eigenvalue weighted by atomic mass is 16.6. The van der Waals surface area contributed by atoms with E-state index < -0.39 is 11.5 Å². The first kappa shape index (κ1) is 17.2. The molecule has 2 aromatic rings. The molecule has 0 amide bonds. The smallest absolute Gasteiger partial charge is 0.300 e. The number of methoxy groups -OCH3 is 2. The van der Waals surface area contributed by atoms with E-state index in [1.54, 1.807) is 0 Å². The number of phenols is 1. The van der Waals surface area contributed by atoms with Crippen molar-refractivity contribution >= 4 is 17.1 Å². The summed E-state index contributed by atoms with van der Waals surface area (Å²) in [5, 5.41) is 38.0. The Morgan fingerprint density at radius 3 is 2.33 bits per heavy atom. The van der Waals surface area contributed by atoms with Gasteiger partial charge in [-0.3, -0.25) is 10.1 Å². The summed E-state index contributed by atoms with van der Waals surface area (Å²) in [5.41, 5.74) is -0.0764. The summed E-state index contributed by atoms with van der Waals surface area (Å²) in [6.45, 7) is -0.422. The van der Waals surface area contributed by atoms with Gasteiger partial charge in [-0.2, -0.15) is 0 Å². The molecule has 9 heteroatoms. The van der Waals surface area contributed by atoms with Crippen molar-refractivity contribution in [2.45, 2.75) is 6.61 Å². The Hall–Kier alpha value is -3.20. The monoisotopic (exact) mass is 333 g/mol. The van der Waals surface area contributed by atoms with Crippen LogP contribution in [0.4, 0.5) is 17.1 Å². The average Bonchev–Trinajstić information content (AvgIpc) is 2.60. The summed E-state index contributed by atoms with van der Waals surface area (Å²) in [6, 6.07) is 6.95. The molecule has 0 unspecified atom stereocenters. The summed E-state index contributed by atoms with van der Waals surface area (Å²) >= 11 is 0. The lowest BCUT2D eigenvalue weighted by molar-refractivity contribution is -0.384. The normalized spacial score (nSPS) is 10.8. The van der Waals surface area contributed by atoms with Crippen molar-refractivity contribution in [3.63, 3.8) is 0 Å². The van der Waals surface area contributed by atoms with E-state index in [9.17, 15) is 20.3 Å². The number of aliphatic hydroxyl groups excluding tert-OH is 1. The van der Waals surface area contributed by atoms with Gasteiger partial charge in [0.15, 0.2) is 5.69 Å². The second kappa shape index (κ2) is 7.38. The van der Waals surface area contributed by atoms with Crippen LogP contribution in [-0.2, 0) is 6.61 Å². The number of ether oxygens (including phenoxy) is 2. The maximum Gasteiger partial charge on any atom is 0.300 e. The molecule has 0 heterocycles. The van der Waals surface area contributed by atoms with Crippen molar-refractivity contribution in [2.24, 2.45) is 10.2 Å². The van der Waals surface area contributed by atoms with E-state index in [2.05, 4.69) is 10.2 Å². The third-order valence-electron chi connectivity index (χ3n) is 3.19. The molecule has 0 fully saturated rings. The summed E-state index contributed by atoms with van der Waals surface area (Å²) in [7, 11) is 2.81. The molecule has 9 nitrogen and oxygen atoms in total. The Morgan fingerprint density at radius 1 is 1.08 bits per heavy atom. The van der Waals surface area contributed by atoms with E-state index >= 15 is 0 Å². The minimum atomic E-state index is -0.610. The molecule has 2 aromatic carbocycles. The van der Waals surface area contributed by atoms with Crippen LogP contribution >= 0.6 is 0 Å². The van der Waals surface area contributed by atoms with Gasteiger partial charge in [0.1, 0.15) is 22.9 Å². The van der Waals surface area contributed by atoms with Gasteiger partial charge in [-0.1, -0.05) is 0 Å². The van der Waals surface area contributed by atoms with Gasteiger partial charge in [0.2, 0.25) is 0 Å². The largest absolute Gasteiger partial charge is 0.505 e. The highest BCUT2D eigenvalue weighted by molar-refractivity contribution is 5.62. The topological polar surface area (TPSA) is 127 Å². The van der Waals surface area contributed by atoms with Crippen molar-refractivity contribution in [2.75, 3.05) is 14.2 Å². The van der Waals surface area contributed by atoms with Crippen LogP contribution < -0.4 is 9.47 Å². The summed E-state index contributed by atoms with van der Waals surface area (Å²) in [5.74, 6) is 0.390. The lowest BCUT2D eigenvalue weighted by Crippen LogP contribution is -1.90. The maximum absolute atomic E-state index is 11.1. The number of hydrogen-bond acceptors (Lipinski definition) is 8. The zero-order valence-electron chi connectivity index (χ0n) is 13.0. The molecule has 0 saturated heterocycles. The van der Waals surface area contributed by atoms with Crippen LogP contribution in [0.3, 0.4) is 0 Å². The average molecular weight is 333 g/mol. The molecule has 24 heavy (non-hydrogen) atoms. The number of azo groups is 1. The number of hydrogen-bond donors (Lipinski definition) is 2. The molecule has 0 saturated carbocycles. The molecule has 0 radical (unpaired) electrons. The van der Waals surface area contributed by atoms with Gasteiger partial charge < -0.3 is 19.7 Å². The molecular weight excluding hydrogens is 318 g/mol. The molecule has 0 aliphatic rings. The number of aliphatic hydroxyl groups is 1. The number of nitro benzene ring substituents is 1. The van der Waals surface area contributed by atoms with Gasteiger partial charge in [-0.05, 0) is 18.2 Å². The van der Waals surface area contributed by atoms with Crippen LogP contribution in [0.15, 0.2) is 40.6 Å². The van der Waals surface area contributed by atoms with Crippen molar-refractivity contribution < 1.29 is 24.6 Å². The van der Waals surface area contributed by atoms with Gasteiger partial charge in [0.25, 0.3) is 5.69 Å². The van der Waals surface area contributed by atoms with Crippen LogP contribution in [0.1, 0.15) is 5.56 Å². The second-order valence-electron chi connectivity index (χ2n) is 4.62. The number of nitro groups is 1. The fourth-order valence-electron chi connectivity index (χ4n) is 1.93. The molecule has 2 rings (SSSR count). The van der Waals surface area contributed by atoms with Crippen molar-refractivity contribution in [3.8, 4) is 17.2 Å². The van der Waals surface area contributed by atoms with E-state index in [-0.39, 0.29) is 28.4 Å². The standard InChI is InChI=1S/C15H15N3O6/c1-23-10-3-4-12(14(7-10)18(21)22)16-17-13-6-11(24-2)5-9(8-19)15(13)20/h3-7,19-20H,8H2,1-2H3. The first-order chi connectivity index (χ1) is 11.5. The fraction of sp³-hybridized carbons (Fsp3) is 0.200. The van der Waals surface area contributed by atoms with Crippen LogP contribution in [0, 0.1) is 10.1 Å². The lowest BCUT2D eigenvalue weighted by Gasteiger charge is -2.07. The SMILES string of the molecule is COc1cc(CO)c(O)c(N=Nc2ccc(OC)cc2[N+](=O)[O-])c1. The Morgan fingerprint density at radius 2 is 1.75 bits per heavy atom. The number of benzene rings is 2. The van der Waals surface area contributed by atoms with Gasteiger partial charge in [-0.15, -0.1) is 10.2 Å². The minimum absolute atomic E-state index is 0.00596. The predicted octanol–water partition coefficient (Wildman–Crippen LogP) is 3.23. The molecule has 126 valence electrons. The van der Waals surface area contributed by atoms with Crippen molar-refractivity contribution in [1.29, 1.82) is 0 Å². The molecule has 0 atom stereocenters. The van der Waals surface area contributed by atoms with E-state index in [1.165, 1.54) is 44.6 Å². The van der Waals surface area contributed by atoms with E-state index in [1.807, 2.05) is 0 Å². The third-order valence-corrected chi connectivity index (χ3v) is 3.19. The lowest BCUT2D eigenvalue weighted by atomic mass is 10.1. The predicted molar refractivity (Wildman–Crippen MR) is 84.4 cm³/mol. The van der Waals surface area contributed by atoms with E-state index in [4.69, 9.17) is 9.47 Å². The first-order valence-electron chi connectivity index (χ1n) is 6.75. The number of rotatable bonds is 6. The molecule has 0 aliphatic carbocycles. The summed E-state index contributed by atoms with van der Waals surface area (Å²) in [4.78, 5) is 10.5. The maximum atomic E-state index is 11.1.